The molecule has 0 unspecified atom stereocenters. The van der Waals surface area contributed by atoms with Gasteiger partial charge in [-0.15, -0.1) is 0 Å². The normalized spacial score (nSPS) is 11.6. The minimum atomic E-state index is -4.68. The largest absolute Gasteiger partial charge is 0.418 e. The minimum absolute atomic E-state index is 0.258. The first kappa shape index (κ1) is 12.9. The van der Waals surface area contributed by atoms with Gasteiger partial charge in [0.05, 0.1) is 16.1 Å². The van der Waals surface area contributed by atoms with E-state index in [2.05, 4.69) is 15.9 Å². The fraction of sp³-hybridized carbons (Fsp3) is 0.250. The number of hydrogen-bond donors (Lipinski definition) is 1. The summed E-state index contributed by atoms with van der Waals surface area (Å²) in [6, 6.07) is 1.97. The molecule has 88 valence electrons. The molecule has 0 aliphatic rings. The van der Waals surface area contributed by atoms with Gasteiger partial charge in [0, 0.05) is 17.1 Å². The van der Waals surface area contributed by atoms with Crippen molar-refractivity contribution in [2.45, 2.75) is 12.7 Å². The number of alkyl halides is 3. The Hall–Kier alpha value is -1.15. The number of nitro benzene ring substituents is 1. The predicted molar refractivity (Wildman–Crippen MR) is 53.7 cm³/mol. The lowest BCUT2D eigenvalue weighted by Crippen LogP contribution is -2.14. The average molecular weight is 299 g/mol. The molecule has 1 aromatic carbocycles. The van der Waals surface area contributed by atoms with Crippen molar-refractivity contribution in [3.8, 4) is 0 Å². The first-order chi connectivity index (χ1) is 7.29. The van der Waals surface area contributed by atoms with Crippen LogP contribution in [-0.2, 0) is 12.7 Å². The molecule has 0 heterocycles. The molecule has 0 aliphatic heterocycles. The molecule has 1 rings (SSSR count). The molecule has 8 heteroatoms. The van der Waals surface area contributed by atoms with Crippen LogP contribution in [-0.4, -0.2) is 4.92 Å². The lowest BCUT2D eigenvalue weighted by atomic mass is 10.1. The molecule has 0 amide bonds. The van der Waals surface area contributed by atoms with Gasteiger partial charge in [0.1, 0.15) is 0 Å². The number of nitro groups is 1. The summed E-state index contributed by atoms with van der Waals surface area (Å²) < 4.78 is 37.6. The van der Waals surface area contributed by atoms with Crippen LogP contribution in [0.3, 0.4) is 0 Å². The van der Waals surface area contributed by atoms with Crippen LogP contribution in [0.15, 0.2) is 16.6 Å². The first-order valence-corrected chi connectivity index (χ1v) is 4.81. The Morgan fingerprint density at radius 2 is 2.00 bits per heavy atom. The highest BCUT2D eigenvalue weighted by Crippen LogP contribution is 2.40. The molecular weight excluding hydrogens is 293 g/mol. The smallest absolute Gasteiger partial charge is 0.326 e. The van der Waals surface area contributed by atoms with E-state index in [9.17, 15) is 23.3 Å². The van der Waals surface area contributed by atoms with E-state index in [1.54, 1.807) is 0 Å². The molecule has 0 atom stereocenters. The maximum Gasteiger partial charge on any atom is 0.418 e. The summed E-state index contributed by atoms with van der Waals surface area (Å²) >= 11 is 2.71. The molecule has 0 fully saturated rings. The Morgan fingerprint density at radius 3 is 2.38 bits per heavy atom. The summed E-state index contributed by atoms with van der Waals surface area (Å²) in [5.41, 5.74) is 2.89. The highest BCUT2D eigenvalue weighted by atomic mass is 79.9. The number of halogens is 4. The maximum atomic E-state index is 12.6. The Morgan fingerprint density at radius 1 is 1.44 bits per heavy atom. The second-order valence-corrected chi connectivity index (χ2v) is 3.73. The molecule has 1 aromatic rings. The minimum Gasteiger partial charge on any atom is -0.326 e. The van der Waals surface area contributed by atoms with Crippen molar-refractivity contribution in [2.75, 3.05) is 0 Å². The molecule has 0 saturated heterocycles. The maximum absolute atomic E-state index is 12.6. The summed E-state index contributed by atoms with van der Waals surface area (Å²) in [7, 11) is 0. The van der Waals surface area contributed by atoms with Gasteiger partial charge in [-0.2, -0.15) is 13.2 Å². The predicted octanol–water partition coefficient (Wildman–Crippen LogP) is 2.83. The van der Waals surface area contributed by atoms with Crippen molar-refractivity contribution in [3.63, 3.8) is 0 Å². The van der Waals surface area contributed by atoms with Gasteiger partial charge in [0.25, 0.3) is 5.69 Å². The Balaban J connectivity index is 3.57. The van der Waals surface area contributed by atoms with Crippen LogP contribution in [0.25, 0.3) is 0 Å². The third-order valence-corrected chi connectivity index (χ3v) is 2.58. The van der Waals surface area contributed by atoms with Gasteiger partial charge in [0.2, 0.25) is 0 Å². The zero-order chi connectivity index (χ0) is 12.5. The third kappa shape index (κ3) is 2.33. The van der Waals surface area contributed by atoms with Crippen molar-refractivity contribution in [1.29, 1.82) is 0 Å². The first-order valence-electron chi connectivity index (χ1n) is 4.02. The van der Waals surface area contributed by atoms with E-state index in [-0.39, 0.29) is 4.47 Å². The van der Waals surface area contributed by atoms with Gasteiger partial charge in [-0.1, -0.05) is 15.9 Å². The molecule has 4 nitrogen and oxygen atoms in total. The SMILES string of the molecule is NCc1c([N+](=O)[O-])ccc(Br)c1C(F)(F)F. The quantitative estimate of drug-likeness (QED) is 0.674. The summed E-state index contributed by atoms with van der Waals surface area (Å²) in [6.07, 6.45) is -4.68. The average Bonchev–Trinajstić information content (AvgIpc) is 2.14. The van der Waals surface area contributed by atoms with Crippen molar-refractivity contribution in [2.24, 2.45) is 5.73 Å². The summed E-state index contributed by atoms with van der Waals surface area (Å²) in [6.45, 7) is -0.551. The zero-order valence-electron chi connectivity index (χ0n) is 7.71. The Bertz CT molecular complexity index is 434. The van der Waals surface area contributed by atoms with Crippen LogP contribution in [0.4, 0.5) is 18.9 Å². The van der Waals surface area contributed by atoms with Gasteiger partial charge in [-0.25, -0.2) is 0 Å². The van der Waals surface area contributed by atoms with Crippen molar-refractivity contribution < 1.29 is 18.1 Å². The second-order valence-electron chi connectivity index (χ2n) is 2.88. The Kier molecular flexibility index (Phi) is 3.54. The number of nitrogens with two attached hydrogens (primary N) is 1. The van der Waals surface area contributed by atoms with Crippen molar-refractivity contribution in [3.05, 3.63) is 37.8 Å². The van der Waals surface area contributed by atoms with Gasteiger partial charge in [-0.3, -0.25) is 10.1 Å². The van der Waals surface area contributed by atoms with Crippen LogP contribution in [0.1, 0.15) is 11.1 Å². The lowest BCUT2D eigenvalue weighted by Gasteiger charge is -2.13. The molecule has 0 spiro atoms. The van der Waals surface area contributed by atoms with Crippen LogP contribution < -0.4 is 5.73 Å². The molecule has 0 aliphatic carbocycles. The van der Waals surface area contributed by atoms with E-state index in [1.807, 2.05) is 0 Å². The van der Waals surface area contributed by atoms with E-state index >= 15 is 0 Å². The molecule has 16 heavy (non-hydrogen) atoms. The number of benzene rings is 1. The summed E-state index contributed by atoms with van der Waals surface area (Å²) in [5.74, 6) is 0. The summed E-state index contributed by atoms with van der Waals surface area (Å²) in [5, 5.41) is 10.5. The lowest BCUT2D eigenvalue weighted by molar-refractivity contribution is -0.385. The fourth-order valence-electron chi connectivity index (χ4n) is 1.29. The highest BCUT2D eigenvalue weighted by Gasteiger charge is 2.38. The topological polar surface area (TPSA) is 69.2 Å². The van der Waals surface area contributed by atoms with E-state index < -0.39 is 34.5 Å². The van der Waals surface area contributed by atoms with Crippen LogP contribution in [0.5, 0.6) is 0 Å². The summed E-state index contributed by atoms with van der Waals surface area (Å²) in [4.78, 5) is 9.65. The van der Waals surface area contributed by atoms with Crippen LogP contribution in [0, 0.1) is 10.1 Å². The number of nitrogens with zero attached hydrogens (tertiary/aromatic N) is 1. The number of hydrogen-bond acceptors (Lipinski definition) is 3. The molecule has 2 N–H and O–H groups in total. The fourth-order valence-corrected chi connectivity index (χ4v) is 1.89. The molecule has 0 saturated carbocycles. The third-order valence-electron chi connectivity index (χ3n) is 1.92. The van der Waals surface area contributed by atoms with Crippen LogP contribution >= 0.6 is 15.9 Å². The van der Waals surface area contributed by atoms with Crippen molar-refractivity contribution in [1.82, 2.24) is 0 Å². The van der Waals surface area contributed by atoms with Gasteiger partial charge in [0.15, 0.2) is 0 Å². The van der Waals surface area contributed by atoms with Gasteiger partial charge in [-0.05, 0) is 6.07 Å². The van der Waals surface area contributed by atoms with E-state index in [0.29, 0.717) is 0 Å². The van der Waals surface area contributed by atoms with Gasteiger partial charge < -0.3 is 5.73 Å². The molecule has 0 aromatic heterocycles. The highest BCUT2D eigenvalue weighted by molar-refractivity contribution is 9.10. The van der Waals surface area contributed by atoms with Gasteiger partial charge >= 0.3 is 6.18 Å². The zero-order valence-corrected chi connectivity index (χ0v) is 9.30. The molecule has 0 bridgehead atoms. The number of rotatable bonds is 2. The Labute approximate surface area is 96.5 Å². The van der Waals surface area contributed by atoms with E-state index in [4.69, 9.17) is 5.73 Å². The van der Waals surface area contributed by atoms with E-state index in [0.717, 1.165) is 12.1 Å². The second kappa shape index (κ2) is 4.38. The van der Waals surface area contributed by atoms with Crippen molar-refractivity contribution >= 4 is 21.6 Å². The monoisotopic (exact) mass is 298 g/mol. The van der Waals surface area contributed by atoms with Crippen LogP contribution in [0.2, 0.25) is 0 Å². The standard InChI is InChI=1S/C8H6BrF3N2O2/c9-5-1-2-6(14(15)16)4(3-13)7(5)8(10,11)12/h1-2H,3,13H2. The van der Waals surface area contributed by atoms with E-state index in [1.165, 1.54) is 0 Å². The molecular formula is C8H6BrF3N2O2. The molecule has 0 radical (unpaired) electrons.